The van der Waals surface area contributed by atoms with Gasteiger partial charge >= 0.3 is 5.97 Å². The van der Waals surface area contributed by atoms with Crippen LogP contribution in [0.15, 0.2) is 36.4 Å². The van der Waals surface area contributed by atoms with E-state index in [1.54, 1.807) is 24.0 Å². The lowest BCUT2D eigenvalue weighted by molar-refractivity contribution is -0.140. The molecule has 0 aliphatic carbocycles. The minimum absolute atomic E-state index is 0.0390. The Labute approximate surface area is 228 Å². The number of nitrogens with zero attached hydrogens (tertiary/aromatic N) is 2. The van der Waals surface area contributed by atoms with E-state index in [1.807, 2.05) is 13.8 Å². The molecule has 0 aromatic heterocycles. The number of amides is 2. The molecule has 0 spiro atoms. The number of halogens is 2. The summed E-state index contributed by atoms with van der Waals surface area (Å²) in [7, 11) is 1.23. The first kappa shape index (κ1) is 31.8. The Bertz CT molecular complexity index is 1120. The number of methoxy groups -OCH3 is 1. The molecule has 0 heterocycles. The van der Waals surface area contributed by atoms with Gasteiger partial charge in [-0.1, -0.05) is 13.8 Å². The van der Waals surface area contributed by atoms with Crippen molar-refractivity contribution in [3.8, 4) is 0 Å². The molecule has 10 heteroatoms. The van der Waals surface area contributed by atoms with Gasteiger partial charge in [-0.25, -0.2) is 8.78 Å². The molecule has 2 aromatic rings. The van der Waals surface area contributed by atoms with E-state index in [-0.39, 0.29) is 43.0 Å². The normalized spacial score (nSPS) is 12.5. The van der Waals surface area contributed by atoms with E-state index in [4.69, 9.17) is 10.5 Å². The predicted octanol–water partition coefficient (Wildman–Crippen LogP) is 3.47. The van der Waals surface area contributed by atoms with E-state index in [0.717, 1.165) is 31.0 Å². The Balaban J connectivity index is 2.29. The summed E-state index contributed by atoms with van der Waals surface area (Å²) in [5.41, 5.74) is 7.69. The maximum Gasteiger partial charge on any atom is 0.307 e. The molecule has 39 heavy (non-hydrogen) atoms. The van der Waals surface area contributed by atoms with Gasteiger partial charge in [-0.05, 0) is 67.6 Å². The Morgan fingerprint density at radius 3 is 1.95 bits per heavy atom. The van der Waals surface area contributed by atoms with E-state index in [2.05, 4.69) is 0 Å². The zero-order valence-corrected chi connectivity index (χ0v) is 23.1. The maximum absolute atomic E-state index is 13.6. The Hall–Kier alpha value is -3.37. The molecule has 3 N–H and O–H groups in total. The molecule has 2 amide bonds. The van der Waals surface area contributed by atoms with Crippen LogP contribution in [-0.2, 0) is 16.0 Å². The van der Waals surface area contributed by atoms with Crippen LogP contribution in [0, 0.1) is 18.6 Å². The van der Waals surface area contributed by atoms with Gasteiger partial charge in [0, 0.05) is 49.4 Å². The summed E-state index contributed by atoms with van der Waals surface area (Å²) in [6, 6.07) is 6.91. The molecular weight excluding hydrogens is 508 g/mol. The van der Waals surface area contributed by atoms with Crippen LogP contribution in [0.5, 0.6) is 0 Å². The number of esters is 1. The molecule has 2 atom stereocenters. The fraction of sp³-hybridized carbons (Fsp3) is 0.483. The number of hydrogen-bond acceptors (Lipinski definition) is 6. The highest BCUT2D eigenvalue weighted by Crippen LogP contribution is 2.17. The van der Waals surface area contributed by atoms with E-state index in [1.165, 1.54) is 18.1 Å². The first-order valence-corrected chi connectivity index (χ1v) is 13.1. The number of aliphatic hydroxyl groups is 1. The lowest BCUT2D eigenvalue weighted by Crippen LogP contribution is -2.47. The largest absolute Gasteiger partial charge is 0.469 e. The van der Waals surface area contributed by atoms with Crippen molar-refractivity contribution in [2.24, 2.45) is 5.73 Å². The van der Waals surface area contributed by atoms with Crippen molar-refractivity contribution in [2.45, 2.75) is 58.6 Å². The fourth-order valence-electron chi connectivity index (χ4n) is 4.35. The third kappa shape index (κ3) is 9.71. The Morgan fingerprint density at radius 2 is 1.44 bits per heavy atom. The summed E-state index contributed by atoms with van der Waals surface area (Å²) < 4.78 is 31.9. The number of aliphatic hydroxyl groups excluding tert-OH is 1. The molecule has 0 unspecified atom stereocenters. The van der Waals surface area contributed by atoms with Gasteiger partial charge in [0.1, 0.15) is 11.6 Å². The van der Waals surface area contributed by atoms with Crippen molar-refractivity contribution in [2.75, 3.05) is 33.3 Å². The second-order valence-corrected chi connectivity index (χ2v) is 9.67. The van der Waals surface area contributed by atoms with Gasteiger partial charge in [-0.3, -0.25) is 14.4 Å². The third-order valence-corrected chi connectivity index (χ3v) is 6.24. The zero-order valence-electron chi connectivity index (χ0n) is 23.1. The molecule has 2 rings (SSSR count). The first-order chi connectivity index (χ1) is 18.5. The van der Waals surface area contributed by atoms with Crippen LogP contribution in [0.2, 0.25) is 0 Å². The number of aryl methyl sites for hydroxylation is 1. The van der Waals surface area contributed by atoms with Gasteiger partial charge in [0.15, 0.2) is 0 Å². The number of nitrogens with two attached hydrogens (primary N) is 1. The Kier molecular flexibility index (Phi) is 12.5. The van der Waals surface area contributed by atoms with Crippen LogP contribution < -0.4 is 5.73 Å². The SMILES string of the molecule is CCCN(CCC)C(=O)c1cc(C)cc(C(=O)N(CCC(=O)OC)C[C@@H](O)[C@@H](N)Cc2cc(F)cc(F)c2)c1. The lowest BCUT2D eigenvalue weighted by atomic mass is 10.0. The summed E-state index contributed by atoms with van der Waals surface area (Å²) in [6.07, 6.45) is 0.157. The van der Waals surface area contributed by atoms with Crippen molar-refractivity contribution in [1.29, 1.82) is 0 Å². The minimum Gasteiger partial charge on any atom is -0.469 e. The number of carbonyl (C=O) groups excluding carboxylic acids is 3. The van der Waals surface area contributed by atoms with Crippen LogP contribution in [-0.4, -0.2) is 78.1 Å². The third-order valence-electron chi connectivity index (χ3n) is 6.24. The number of ether oxygens (including phenoxy) is 1. The highest BCUT2D eigenvalue weighted by atomic mass is 19.1. The molecule has 0 saturated heterocycles. The molecule has 0 saturated carbocycles. The van der Waals surface area contributed by atoms with E-state index < -0.39 is 35.7 Å². The van der Waals surface area contributed by atoms with Crippen molar-refractivity contribution < 1.29 is 33.0 Å². The quantitative estimate of drug-likeness (QED) is 0.350. The maximum atomic E-state index is 13.6. The van der Waals surface area contributed by atoms with Gasteiger partial charge in [0.2, 0.25) is 0 Å². The molecule has 214 valence electrons. The number of rotatable bonds is 14. The van der Waals surface area contributed by atoms with Crippen molar-refractivity contribution in [3.63, 3.8) is 0 Å². The topological polar surface area (TPSA) is 113 Å². The average Bonchev–Trinajstić information content (AvgIpc) is 2.88. The smallest absolute Gasteiger partial charge is 0.307 e. The molecule has 0 bridgehead atoms. The minimum atomic E-state index is -1.27. The molecular formula is C29H39F2N3O5. The lowest BCUT2D eigenvalue weighted by Gasteiger charge is -2.28. The Morgan fingerprint density at radius 1 is 0.897 bits per heavy atom. The molecule has 0 fully saturated rings. The summed E-state index contributed by atoms with van der Waals surface area (Å²) in [5.74, 6) is -2.75. The van der Waals surface area contributed by atoms with Crippen LogP contribution in [0.25, 0.3) is 0 Å². The van der Waals surface area contributed by atoms with Gasteiger partial charge < -0.3 is 25.4 Å². The van der Waals surface area contributed by atoms with Crippen LogP contribution in [0.1, 0.15) is 65.0 Å². The number of carbonyl (C=O) groups is 3. The predicted molar refractivity (Wildman–Crippen MR) is 144 cm³/mol. The van der Waals surface area contributed by atoms with Crippen molar-refractivity contribution >= 4 is 17.8 Å². The van der Waals surface area contributed by atoms with Crippen LogP contribution >= 0.6 is 0 Å². The molecule has 8 nitrogen and oxygen atoms in total. The van der Waals surface area contributed by atoms with E-state index in [9.17, 15) is 28.3 Å². The molecule has 2 aromatic carbocycles. The van der Waals surface area contributed by atoms with Gasteiger partial charge in [0.25, 0.3) is 11.8 Å². The highest BCUT2D eigenvalue weighted by Gasteiger charge is 2.26. The second-order valence-electron chi connectivity index (χ2n) is 9.67. The molecule has 0 radical (unpaired) electrons. The standard InChI is InChI=1S/C29H39F2N3O5/c1-5-8-33(9-6-2)28(37)21-11-19(3)12-22(16-21)29(38)34(10-7-27(36)39-4)18-26(35)25(32)15-20-13-23(30)17-24(31)14-20/h11-14,16-17,25-26,35H,5-10,15,18,32H2,1-4H3/t25-,26+/m0/s1. The van der Waals surface area contributed by atoms with Gasteiger partial charge in [-0.2, -0.15) is 0 Å². The van der Waals surface area contributed by atoms with Crippen LogP contribution in [0.3, 0.4) is 0 Å². The van der Waals surface area contributed by atoms with Crippen molar-refractivity contribution in [1.82, 2.24) is 9.80 Å². The summed E-state index contributed by atoms with van der Waals surface area (Å²) in [5, 5.41) is 10.8. The summed E-state index contributed by atoms with van der Waals surface area (Å²) in [4.78, 5) is 41.6. The summed E-state index contributed by atoms with van der Waals surface area (Å²) in [6.45, 7) is 6.62. The van der Waals surface area contributed by atoms with Crippen LogP contribution in [0.4, 0.5) is 8.78 Å². The fourth-order valence-corrected chi connectivity index (χ4v) is 4.35. The molecule has 0 aliphatic rings. The van der Waals surface area contributed by atoms with E-state index in [0.29, 0.717) is 24.2 Å². The first-order valence-electron chi connectivity index (χ1n) is 13.1. The van der Waals surface area contributed by atoms with Gasteiger partial charge in [-0.15, -0.1) is 0 Å². The number of benzene rings is 2. The average molecular weight is 548 g/mol. The summed E-state index contributed by atoms with van der Waals surface area (Å²) >= 11 is 0. The highest BCUT2D eigenvalue weighted by molar-refractivity contribution is 6.00. The second kappa shape index (κ2) is 15.3. The monoisotopic (exact) mass is 547 g/mol. The number of hydrogen-bond donors (Lipinski definition) is 2. The zero-order chi connectivity index (χ0) is 29.1. The molecule has 0 aliphatic heterocycles. The van der Waals surface area contributed by atoms with Gasteiger partial charge in [0.05, 0.1) is 19.6 Å². The van der Waals surface area contributed by atoms with E-state index >= 15 is 0 Å². The van der Waals surface area contributed by atoms with Crippen molar-refractivity contribution in [3.05, 3.63) is 70.3 Å².